The van der Waals surface area contributed by atoms with Crippen LogP contribution >= 0.6 is 0 Å². The number of benzene rings is 1. The van der Waals surface area contributed by atoms with Crippen molar-refractivity contribution >= 4 is 10.0 Å². The molecular weight excluding hydrogens is 252 g/mol. The van der Waals surface area contributed by atoms with E-state index in [1.165, 1.54) is 0 Å². The van der Waals surface area contributed by atoms with Crippen LogP contribution in [0, 0.1) is 0 Å². The van der Waals surface area contributed by atoms with Gasteiger partial charge in [-0.2, -0.15) is 0 Å². The van der Waals surface area contributed by atoms with Crippen LogP contribution in [0.1, 0.15) is 6.92 Å². The molecule has 6 heteroatoms. The first-order valence-electron chi connectivity index (χ1n) is 5.83. The number of hydrogen-bond acceptors (Lipinski definition) is 4. The van der Waals surface area contributed by atoms with Crippen LogP contribution in [0.4, 0.5) is 0 Å². The minimum Gasteiger partial charge on any atom is -0.494 e. The zero-order chi connectivity index (χ0) is 13.6. The molecule has 1 N–H and O–H groups in total. The van der Waals surface area contributed by atoms with E-state index in [1.807, 2.05) is 25.9 Å². The molecule has 1 aromatic rings. The highest BCUT2D eigenvalue weighted by molar-refractivity contribution is 7.89. The number of sulfonamides is 1. The molecule has 0 saturated heterocycles. The smallest absolute Gasteiger partial charge is 0.240 e. The van der Waals surface area contributed by atoms with Gasteiger partial charge in [-0.25, -0.2) is 13.1 Å². The fourth-order valence-electron chi connectivity index (χ4n) is 1.37. The van der Waals surface area contributed by atoms with Crippen LogP contribution in [-0.2, 0) is 10.0 Å². The zero-order valence-electron chi connectivity index (χ0n) is 11.0. The summed E-state index contributed by atoms with van der Waals surface area (Å²) in [5.74, 6) is 0.671. The highest BCUT2D eigenvalue weighted by Gasteiger charge is 2.13. The summed E-state index contributed by atoms with van der Waals surface area (Å²) >= 11 is 0. The molecule has 0 heterocycles. The fraction of sp³-hybridized carbons (Fsp3) is 0.500. The Hall–Kier alpha value is -1.11. The molecule has 0 aliphatic heterocycles. The molecule has 0 radical (unpaired) electrons. The number of nitrogens with one attached hydrogen (secondary N) is 1. The van der Waals surface area contributed by atoms with Crippen LogP contribution in [0.15, 0.2) is 29.2 Å². The maximum Gasteiger partial charge on any atom is 0.240 e. The molecule has 102 valence electrons. The summed E-state index contributed by atoms with van der Waals surface area (Å²) in [6, 6.07) is 6.40. The summed E-state index contributed by atoms with van der Waals surface area (Å²) < 4.78 is 31.6. The Labute approximate surface area is 109 Å². The van der Waals surface area contributed by atoms with Gasteiger partial charge in [-0.3, -0.25) is 0 Å². The Kier molecular flexibility index (Phi) is 5.58. The van der Waals surface area contributed by atoms with Gasteiger partial charge in [-0.05, 0) is 45.3 Å². The second-order valence-electron chi connectivity index (χ2n) is 4.11. The molecule has 1 rings (SSSR count). The third-order valence-corrected chi connectivity index (χ3v) is 3.77. The molecular formula is C12H20N2O3S. The molecule has 0 aliphatic rings. The predicted molar refractivity (Wildman–Crippen MR) is 71.4 cm³/mol. The van der Waals surface area contributed by atoms with Crippen molar-refractivity contribution in [3.63, 3.8) is 0 Å². The Balaban J connectivity index is 2.67. The van der Waals surface area contributed by atoms with Gasteiger partial charge in [0.05, 0.1) is 11.5 Å². The normalized spacial score (nSPS) is 11.8. The highest BCUT2D eigenvalue weighted by atomic mass is 32.2. The average molecular weight is 272 g/mol. The second-order valence-corrected chi connectivity index (χ2v) is 5.87. The van der Waals surface area contributed by atoms with Crippen molar-refractivity contribution in [3.05, 3.63) is 24.3 Å². The van der Waals surface area contributed by atoms with Crippen LogP contribution in [0.5, 0.6) is 5.75 Å². The van der Waals surface area contributed by atoms with Gasteiger partial charge in [0.2, 0.25) is 10.0 Å². The van der Waals surface area contributed by atoms with E-state index in [4.69, 9.17) is 4.74 Å². The first kappa shape index (κ1) is 14.9. The third kappa shape index (κ3) is 4.64. The van der Waals surface area contributed by atoms with E-state index in [-0.39, 0.29) is 4.90 Å². The fourth-order valence-corrected chi connectivity index (χ4v) is 2.39. The zero-order valence-corrected chi connectivity index (χ0v) is 11.8. The summed E-state index contributed by atoms with van der Waals surface area (Å²) in [6.45, 7) is 3.50. The summed E-state index contributed by atoms with van der Waals surface area (Å²) in [7, 11) is 0.368. The molecule has 0 unspecified atom stereocenters. The van der Waals surface area contributed by atoms with E-state index in [0.717, 1.165) is 0 Å². The quantitative estimate of drug-likeness (QED) is 0.802. The van der Waals surface area contributed by atoms with Crippen LogP contribution < -0.4 is 9.46 Å². The van der Waals surface area contributed by atoms with Crippen LogP contribution in [-0.4, -0.2) is 47.1 Å². The van der Waals surface area contributed by atoms with E-state index < -0.39 is 10.0 Å². The molecule has 0 amide bonds. The minimum absolute atomic E-state index is 0.254. The van der Waals surface area contributed by atoms with Crippen molar-refractivity contribution in [2.75, 3.05) is 33.8 Å². The summed E-state index contributed by atoms with van der Waals surface area (Å²) in [5.41, 5.74) is 0. The van der Waals surface area contributed by atoms with Gasteiger partial charge < -0.3 is 9.64 Å². The van der Waals surface area contributed by atoms with Crippen LogP contribution in [0.2, 0.25) is 0 Å². The van der Waals surface area contributed by atoms with Crippen molar-refractivity contribution in [3.8, 4) is 5.75 Å². The van der Waals surface area contributed by atoms with E-state index in [2.05, 4.69) is 4.72 Å². The van der Waals surface area contributed by atoms with E-state index in [1.54, 1.807) is 24.3 Å². The Morgan fingerprint density at radius 2 is 1.83 bits per heavy atom. The van der Waals surface area contributed by atoms with E-state index in [9.17, 15) is 8.42 Å². The lowest BCUT2D eigenvalue weighted by Crippen LogP contribution is -2.31. The molecule has 5 nitrogen and oxygen atoms in total. The topological polar surface area (TPSA) is 58.6 Å². The minimum atomic E-state index is -3.42. The van der Waals surface area contributed by atoms with Crippen molar-refractivity contribution in [1.29, 1.82) is 0 Å². The molecule has 0 aromatic heterocycles. The number of nitrogens with zero attached hydrogens (tertiary/aromatic N) is 1. The lowest BCUT2D eigenvalue weighted by Gasteiger charge is -2.11. The van der Waals surface area contributed by atoms with Crippen molar-refractivity contribution < 1.29 is 13.2 Å². The van der Waals surface area contributed by atoms with Gasteiger partial charge >= 0.3 is 0 Å². The van der Waals surface area contributed by atoms with E-state index >= 15 is 0 Å². The molecule has 0 aliphatic carbocycles. The van der Waals surface area contributed by atoms with Crippen LogP contribution in [0.25, 0.3) is 0 Å². The molecule has 0 bridgehead atoms. The summed E-state index contributed by atoms with van der Waals surface area (Å²) in [6.07, 6.45) is 0. The number of ether oxygens (including phenoxy) is 1. The van der Waals surface area contributed by atoms with Crippen LogP contribution in [0.3, 0.4) is 0 Å². The average Bonchev–Trinajstić information content (AvgIpc) is 2.29. The van der Waals surface area contributed by atoms with Gasteiger partial charge in [-0.1, -0.05) is 0 Å². The van der Waals surface area contributed by atoms with Crippen molar-refractivity contribution in [2.45, 2.75) is 11.8 Å². The lowest BCUT2D eigenvalue weighted by atomic mass is 10.3. The summed E-state index contributed by atoms with van der Waals surface area (Å²) in [5, 5.41) is 0. The lowest BCUT2D eigenvalue weighted by molar-refractivity contribution is 0.340. The maximum absolute atomic E-state index is 11.9. The number of likely N-dealkylation sites (N-methyl/N-ethyl adjacent to an activating group) is 1. The highest BCUT2D eigenvalue weighted by Crippen LogP contribution is 2.15. The molecule has 18 heavy (non-hydrogen) atoms. The Morgan fingerprint density at radius 3 is 2.33 bits per heavy atom. The van der Waals surface area contributed by atoms with Gasteiger partial charge in [0.1, 0.15) is 5.75 Å². The SMILES string of the molecule is CCOc1ccc(S(=O)(=O)NCCN(C)C)cc1. The first-order valence-corrected chi connectivity index (χ1v) is 7.31. The van der Waals surface area contributed by atoms with Gasteiger partial charge in [0.15, 0.2) is 0 Å². The van der Waals surface area contributed by atoms with E-state index in [0.29, 0.717) is 25.4 Å². The molecule has 0 saturated carbocycles. The molecule has 1 aromatic carbocycles. The Bertz CT molecular complexity index is 455. The van der Waals surface area contributed by atoms with Crippen molar-refractivity contribution in [2.24, 2.45) is 0 Å². The third-order valence-electron chi connectivity index (χ3n) is 2.30. The monoisotopic (exact) mass is 272 g/mol. The number of hydrogen-bond donors (Lipinski definition) is 1. The molecule has 0 spiro atoms. The molecule has 0 atom stereocenters. The second kappa shape index (κ2) is 6.72. The standard InChI is InChI=1S/C12H20N2O3S/c1-4-17-11-5-7-12(8-6-11)18(15,16)13-9-10-14(2)3/h5-8,13H,4,9-10H2,1-3H3. The largest absolute Gasteiger partial charge is 0.494 e. The summed E-state index contributed by atoms with van der Waals surface area (Å²) in [4.78, 5) is 2.17. The molecule has 0 fully saturated rings. The van der Waals surface area contributed by atoms with Gasteiger partial charge in [-0.15, -0.1) is 0 Å². The van der Waals surface area contributed by atoms with Crippen molar-refractivity contribution in [1.82, 2.24) is 9.62 Å². The predicted octanol–water partition coefficient (Wildman–Crippen LogP) is 0.925. The number of rotatable bonds is 7. The first-order chi connectivity index (χ1) is 8.45. The Morgan fingerprint density at radius 1 is 1.22 bits per heavy atom. The van der Waals surface area contributed by atoms with Gasteiger partial charge in [0, 0.05) is 13.1 Å². The van der Waals surface area contributed by atoms with Gasteiger partial charge in [0.25, 0.3) is 0 Å². The maximum atomic E-state index is 11.9.